The molecule has 0 unspecified atom stereocenters. The normalized spacial score (nSPS) is 13.0. The van der Waals surface area contributed by atoms with E-state index in [-0.39, 0.29) is 16.8 Å². The van der Waals surface area contributed by atoms with Crippen LogP contribution in [0.15, 0.2) is 36.4 Å². The van der Waals surface area contributed by atoms with E-state index in [0.29, 0.717) is 30.0 Å². The molecule has 0 radical (unpaired) electrons. The summed E-state index contributed by atoms with van der Waals surface area (Å²) in [6.07, 6.45) is 3.86. The van der Waals surface area contributed by atoms with Crippen molar-refractivity contribution in [2.45, 2.75) is 32.6 Å². The summed E-state index contributed by atoms with van der Waals surface area (Å²) in [5.41, 5.74) is 5.54. The fourth-order valence-corrected chi connectivity index (χ4v) is 4.40. The number of methoxy groups -OCH3 is 1. The number of hydrogen-bond donors (Lipinski definition) is 2. The van der Waals surface area contributed by atoms with E-state index in [9.17, 15) is 9.59 Å². The van der Waals surface area contributed by atoms with Crippen molar-refractivity contribution in [3.63, 3.8) is 0 Å². The lowest BCUT2D eigenvalue weighted by molar-refractivity contribution is 0.0936. The highest BCUT2D eigenvalue weighted by Gasteiger charge is 2.23. The number of anilines is 1. The van der Waals surface area contributed by atoms with Crippen LogP contribution in [0.2, 0.25) is 5.02 Å². The Morgan fingerprint density at radius 2 is 1.91 bits per heavy atom. The van der Waals surface area contributed by atoms with Gasteiger partial charge >= 0.3 is 0 Å². The molecular formula is C25H26ClN3O3. The molecule has 6 nitrogen and oxygen atoms in total. The standard InChI is InChI=1S/C25H26ClN3O3/c1-15-7-10-22-19(13-15)23(18-5-3-4-6-21(18)29-22)25(31)28-16-8-9-17(20(26)14-16)24(30)27-11-12-32-2/h7-10,13-14H,3-6,11-12H2,1-2H3,(H,27,30)(H,28,31). The number of aryl methyl sites for hydroxylation is 2. The molecule has 0 spiro atoms. The summed E-state index contributed by atoms with van der Waals surface area (Å²) >= 11 is 6.34. The fraction of sp³-hybridized carbons (Fsp3) is 0.320. The number of carbonyl (C=O) groups excluding carboxylic acids is 2. The van der Waals surface area contributed by atoms with Gasteiger partial charge in [-0.25, -0.2) is 0 Å². The Morgan fingerprint density at radius 3 is 2.69 bits per heavy atom. The summed E-state index contributed by atoms with van der Waals surface area (Å²) in [4.78, 5) is 30.6. The molecular weight excluding hydrogens is 426 g/mol. The Morgan fingerprint density at radius 1 is 1.09 bits per heavy atom. The van der Waals surface area contributed by atoms with Gasteiger partial charge in [-0.05, 0) is 68.5 Å². The molecule has 32 heavy (non-hydrogen) atoms. The molecule has 4 rings (SSSR count). The van der Waals surface area contributed by atoms with Crippen LogP contribution in [0.4, 0.5) is 5.69 Å². The van der Waals surface area contributed by atoms with Gasteiger partial charge in [0.15, 0.2) is 0 Å². The van der Waals surface area contributed by atoms with E-state index in [1.807, 2.05) is 25.1 Å². The van der Waals surface area contributed by atoms with Crippen LogP contribution in [0.5, 0.6) is 0 Å². The second-order valence-electron chi connectivity index (χ2n) is 8.04. The third-order valence-electron chi connectivity index (χ3n) is 5.71. The van der Waals surface area contributed by atoms with Gasteiger partial charge in [0.25, 0.3) is 11.8 Å². The number of hydrogen-bond acceptors (Lipinski definition) is 4. The highest BCUT2D eigenvalue weighted by molar-refractivity contribution is 6.34. The first-order chi connectivity index (χ1) is 15.5. The van der Waals surface area contributed by atoms with Gasteiger partial charge in [0.2, 0.25) is 0 Å². The number of rotatable bonds is 6. The number of pyridine rings is 1. The smallest absolute Gasteiger partial charge is 0.256 e. The largest absolute Gasteiger partial charge is 0.383 e. The van der Waals surface area contributed by atoms with Gasteiger partial charge in [0, 0.05) is 30.4 Å². The zero-order valence-corrected chi connectivity index (χ0v) is 19.0. The van der Waals surface area contributed by atoms with Crippen LogP contribution >= 0.6 is 11.6 Å². The third kappa shape index (κ3) is 4.61. The first kappa shape index (κ1) is 22.2. The van der Waals surface area contributed by atoms with Crippen LogP contribution in [-0.2, 0) is 17.6 Å². The van der Waals surface area contributed by atoms with Crippen LogP contribution in [0.1, 0.15) is 50.4 Å². The molecule has 2 N–H and O–H groups in total. The fourth-order valence-electron chi connectivity index (χ4n) is 4.13. The Hall–Kier alpha value is -2.96. The van der Waals surface area contributed by atoms with E-state index in [2.05, 4.69) is 10.6 Å². The lowest BCUT2D eigenvalue weighted by Gasteiger charge is -2.21. The quantitative estimate of drug-likeness (QED) is 0.532. The van der Waals surface area contributed by atoms with Gasteiger partial charge in [-0.1, -0.05) is 23.2 Å². The van der Waals surface area contributed by atoms with Crippen molar-refractivity contribution in [1.82, 2.24) is 10.3 Å². The van der Waals surface area contributed by atoms with Gasteiger partial charge in [-0.15, -0.1) is 0 Å². The summed E-state index contributed by atoms with van der Waals surface area (Å²) in [5, 5.41) is 6.86. The molecule has 0 fully saturated rings. The molecule has 0 aliphatic heterocycles. The first-order valence-electron chi connectivity index (χ1n) is 10.8. The molecule has 0 atom stereocenters. The second-order valence-corrected chi connectivity index (χ2v) is 8.44. The number of benzene rings is 2. The van der Waals surface area contributed by atoms with Crippen LogP contribution in [-0.4, -0.2) is 37.1 Å². The number of nitrogens with one attached hydrogen (secondary N) is 2. The molecule has 0 saturated carbocycles. The van der Waals surface area contributed by atoms with E-state index < -0.39 is 0 Å². The molecule has 2 aromatic carbocycles. The number of nitrogens with zero attached hydrogens (tertiary/aromatic N) is 1. The number of ether oxygens (including phenoxy) is 1. The van der Waals surface area contributed by atoms with Crippen LogP contribution in [0.25, 0.3) is 10.9 Å². The average molecular weight is 452 g/mol. The maximum absolute atomic E-state index is 13.4. The number of halogens is 1. The molecule has 3 aromatic rings. The van der Waals surface area contributed by atoms with Crippen LogP contribution in [0.3, 0.4) is 0 Å². The summed E-state index contributed by atoms with van der Waals surface area (Å²) < 4.78 is 4.94. The van der Waals surface area contributed by atoms with Crippen molar-refractivity contribution in [3.8, 4) is 0 Å². The van der Waals surface area contributed by atoms with Gasteiger partial charge < -0.3 is 15.4 Å². The van der Waals surface area contributed by atoms with Crippen molar-refractivity contribution in [1.29, 1.82) is 0 Å². The Bertz CT molecular complexity index is 1190. The van der Waals surface area contributed by atoms with E-state index in [1.165, 1.54) is 0 Å². The van der Waals surface area contributed by atoms with E-state index in [0.717, 1.165) is 53.4 Å². The zero-order chi connectivity index (χ0) is 22.7. The van der Waals surface area contributed by atoms with Gasteiger partial charge in [0.1, 0.15) is 0 Å². The lowest BCUT2D eigenvalue weighted by atomic mass is 9.89. The Kier molecular flexibility index (Phi) is 6.72. The number of amides is 2. The molecule has 1 aromatic heterocycles. The minimum absolute atomic E-state index is 0.186. The van der Waals surface area contributed by atoms with Crippen molar-refractivity contribution in [3.05, 3.63) is 69.4 Å². The Balaban J connectivity index is 1.64. The second kappa shape index (κ2) is 9.67. The average Bonchev–Trinajstić information content (AvgIpc) is 2.77. The monoisotopic (exact) mass is 451 g/mol. The Labute approximate surface area is 192 Å². The molecule has 0 saturated heterocycles. The molecule has 1 aliphatic rings. The summed E-state index contributed by atoms with van der Waals surface area (Å²) in [5.74, 6) is -0.468. The van der Waals surface area contributed by atoms with Crippen molar-refractivity contribution in [2.24, 2.45) is 0 Å². The minimum atomic E-state index is -0.283. The third-order valence-corrected chi connectivity index (χ3v) is 6.02. The first-order valence-corrected chi connectivity index (χ1v) is 11.2. The topological polar surface area (TPSA) is 80.3 Å². The molecule has 166 valence electrons. The predicted molar refractivity (Wildman–Crippen MR) is 127 cm³/mol. The van der Waals surface area contributed by atoms with Crippen LogP contribution < -0.4 is 10.6 Å². The van der Waals surface area contributed by atoms with Crippen molar-refractivity contribution in [2.75, 3.05) is 25.6 Å². The molecule has 2 amide bonds. The number of fused-ring (bicyclic) bond motifs is 2. The predicted octanol–water partition coefficient (Wildman–Crippen LogP) is 4.70. The summed E-state index contributed by atoms with van der Waals surface area (Å²) in [6, 6.07) is 10.9. The molecule has 7 heteroatoms. The summed E-state index contributed by atoms with van der Waals surface area (Å²) in [6.45, 7) is 2.82. The van der Waals surface area contributed by atoms with E-state index >= 15 is 0 Å². The van der Waals surface area contributed by atoms with Crippen molar-refractivity contribution < 1.29 is 14.3 Å². The molecule has 0 bridgehead atoms. The van der Waals surface area contributed by atoms with E-state index in [4.69, 9.17) is 21.3 Å². The zero-order valence-electron chi connectivity index (χ0n) is 18.3. The molecule has 1 aliphatic carbocycles. The van der Waals surface area contributed by atoms with Gasteiger partial charge in [-0.3, -0.25) is 14.6 Å². The lowest BCUT2D eigenvalue weighted by Crippen LogP contribution is -2.27. The summed E-state index contributed by atoms with van der Waals surface area (Å²) in [7, 11) is 1.57. The maximum Gasteiger partial charge on any atom is 0.256 e. The van der Waals surface area contributed by atoms with Gasteiger partial charge in [0.05, 0.1) is 28.3 Å². The van der Waals surface area contributed by atoms with E-state index in [1.54, 1.807) is 25.3 Å². The maximum atomic E-state index is 13.4. The number of carbonyl (C=O) groups is 2. The highest BCUT2D eigenvalue weighted by Crippen LogP contribution is 2.31. The van der Waals surface area contributed by atoms with Crippen molar-refractivity contribution >= 4 is 40.0 Å². The minimum Gasteiger partial charge on any atom is -0.383 e. The highest BCUT2D eigenvalue weighted by atomic mass is 35.5. The molecule has 1 heterocycles. The van der Waals surface area contributed by atoms with Crippen LogP contribution in [0, 0.1) is 6.92 Å². The number of aromatic nitrogens is 1. The SMILES string of the molecule is COCCNC(=O)c1ccc(NC(=O)c2c3c(nc4ccc(C)cc24)CCCC3)cc1Cl. The van der Waals surface area contributed by atoms with Gasteiger partial charge in [-0.2, -0.15) is 0 Å².